The van der Waals surface area contributed by atoms with Gasteiger partial charge in [-0.05, 0) is 38.8 Å². The van der Waals surface area contributed by atoms with Crippen LogP contribution in [0.3, 0.4) is 0 Å². The lowest BCUT2D eigenvalue weighted by Crippen LogP contribution is -2.38. The van der Waals surface area contributed by atoms with Crippen LogP contribution in [-0.2, 0) is 17.7 Å². The molecule has 0 saturated carbocycles. The number of hydrogen-bond donors (Lipinski definition) is 1. The Labute approximate surface area is 162 Å². The molecule has 0 spiro atoms. The first kappa shape index (κ1) is 19.6. The van der Waals surface area contributed by atoms with Gasteiger partial charge in [-0.1, -0.05) is 30.3 Å². The minimum absolute atomic E-state index is 0.0177. The quantitative estimate of drug-likeness (QED) is 0.816. The van der Waals surface area contributed by atoms with E-state index in [1.165, 1.54) is 5.56 Å². The minimum Gasteiger partial charge on any atom is -0.379 e. The number of morpholine rings is 1. The molecule has 1 aliphatic heterocycles. The van der Waals surface area contributed by atoms with Gasteiger partial charge >= 0.3 is 0 Å². The van der Waals surface area contributed by atoms with E-state index in [2.05, 4.69) is 40.8 Å². The van der Waals surface area contributed by atoms with Crippen molar-refractivity contribution in [3.05, 3.63) is 58.9 Å². The van der Waals surface area contributed by atoms with Crippen molar-refractivity contribution in [2.75, 3.05) is 32.8 Å². The maximum Gasteiger partial charge on any atom is 0.253 e. The fourth-order valence-electron chi connectivity index (χ4n) is 3.76. The monoisotopic (exact) mass is 369 g/mol. The Kier molecular flexibility index (Phi) is 6.69. The zero-order valence-corrected chi connectivity index (χ0v) is 16.7. The Bertz CT molecular complexity index is 748. The fourth-order valence-corrected chi connectivity index (χ4v) is 3.76. The van der Waals surface area contributed by atoms with E-state index in [0.29, 0.717) is 0 Å². The van der Waals surface area contributed by atoms with Crippen LogP contribution in [0, 0.1) is 13.8 Å². The highest BCUT2D eigenvalue weighted by molar-refractivity contribution is 5.95. The van der Waals surface area contributed by atoms with Crippen molar-refractivity contribution in [1.82, 2.24) is 14.8 Å². The fraction of sp³-hybridized carbons (Fsp3) is 0.500. The standard InChI is InChI=1S/C22H31N3O2/c1-17(15-20-7-5-4-6-8-20)23-22(26)21-16-18(2)25(19(21)3)10-9-24-11-13-27-14-12-24/h4-8,16-17H,9-15H2,1-3H3,(H,23,26)/t17-/m1/s1. The molecule has 27 heavy (non-hydrogen) atoms. The van der Waals surface area contributed by atoms with Crippen LogP contribution in [0.15, 0.2) is 36.4 Å². The highest BCUT2D eigenvalue weighted by Crippen LogP contribution is 2.16. The van der Waals surface area contributed by atoms with Crippen molar-refractivity contribution >= 4 is 5.91 Å². The molecule has 1 aliphatic rings. The van der Waals surface area contributed by atoms with Gasteiger partial charge in [0.15, 0.2) is 0 Å². The Hall–Kier alpha value is -2.11. The molecule has 1 N–H and O–H groups in total. The first-order valence-corrected chi connectivity index (χ1v) is 9.86. The lowest BCUT2D eigenvalue weighted by molar-refractivity contribution is 0.0363. The third-order valence-electron chi connectivity index (χ3n) is 5.32. The Morgan fingerprint density at radius 3 is 2.56 bits per heavy atom. The van der Waals surface area contributed by atoms with Crippen LogP contribution in [0.5, 0.6) is 0 Å². The number of benzene rings is 1. The van der Waals surface area contributed by atoms with Gasteiger partial charge in [0.2, 0.25) is 0 Å². The number of amides is 1. The zero-order valence-electron chi connectivity index (χ0n) is 16.7. The highest BCUT2D eigenvalue weighted by Gasteiger charge is 2.18. The van der Waals surface area contributed by atoms with Gasteiger partial charge < -0.3 is 14.6 Å². The summed E-state index contributed by atoms with van der Waals surface area (Å²) in [4.78, 5) is 15.2. The van der Waals surface area contributed by atoms with Gasteiger partial charge in [-0.2, -0.15) is 0 Å². The molecular weight excluding hydrogens is 338 g/mol. The van der Waals surface area contributed by atoms with Gasteiger partial charge in [-0.15, -0.1) is 0 Å². The van der Waals surface area contributed by atoms with E-state index in [9.17, 15) is 4.79 Å². The van der Waals surface area contributed by atoms with Gasteiger partial charge in [-0.25, -0.2) is 0 Å². The number of ether oxygens (including phenoxy) is 1. The SMILES string of the molecule is Cc1cc(C(=O)N[C@H](C)Cc2ccccc2)c(C)n1CCN1CCOCC1. The maximum atomic E-state index is 12.8. The molecule has 2 heterocycles. The van der Waals surface area contributed by atoms with Crippen molar-refractivity contribution in [2.45, 2.75) is 39.8 Å². The van der Waals surface area contributed by atoms with Crippen LogP contribution in [0.1, 0.15) is 34.2 Å². The predicted octanol–water partition coefficient (Wildman–Crippen LogP) is 2.80. The second-order valence-electron chi connectivity index (χ2n) is 7.45. The van der Waals surface area contributed by atoms with Gasteiger partial charge in [0.05, 0.1) is 18.8 Å². The highest BCUT2D eigenvalue weighted by atomic mass is 16.5. The summed E-state index contributed by atoms with van der Waals surface area (Å²) in [5.41, 5.74) is 4.21. The van der Waals surface area contributed by atoms with Crippen molar-refractivity contribution in [3.63, 3.8) is 0 Å². The van der Waals surface area contributed by atoms with Crippen molar-refractivity contribution in [1.29, 1.82) is 0 Å². The molecule has 0 aliphatic carbocycles. The van der Waals surface area contributed by atoms with E-state index in [0.717, 1.165) is 62.8 Å². The molecule has 0 radical (unpaired) electrons. The lowest BCUT2D eigenvalue weighted by Gasteiger charge is -2.27. The van der Waals surface area contributed by atoms with Crippen molar-refractivity contribution < 1.29 is 9.53 Å². The number of carbonyl (C=O) groups excluding carboxylic acids is 1. The summed E-state index contributed by atoms with van der Waals surface area (Å²) in [6.07, 6.45) is 0.836. The largest absolute Gasteiger partial charge is 0.379 e. The van der Waals surface area contributed by atoms with E-state index in [4.69, 9.17) is 4.74 Å². The first-order valence-electron chi connectivity index (χ1n) is 9.86. The Balaban J connectivity index is 1.59. The van der Waals surface area contributed by atoms with Crippen LogP contribution < -0.4 is 5.32 Å². The second kappa shape index (κ2) is 9.20. The third kappa shape index (κ3) is 5.21. The van der Waals surface area contributed by atoms with E-state index < -0.39 is 0 Å². The van der Waals surface area contributed by atoms with Crippen LogP contribution in [0.4, 0.5) is 0 Å². The molecule has 5 nitrogen and oxygen atoms in total. The molecule has 146 valence electrons. The van der Waals surface area contributed by atoms with E-state index >= 15 is 0 Å². The molecule has 0 bridgehead atoms. The van der Waals surface area contributed by atoms with Gasteiger partial charge in [-0.3, -0.25) is 9.69 Å². The molecule has 1 saturated heterocycles. The molecule has 1 aromatic carbocycles. The van der Waals surface area contributed by atoms with Crippen molar-refractivity contribution in [3.8, 4) is 0 Å². The summed E-state index contributed by atoms with van der Waals surface area (Å²) in [7, 11) is 0. The molecule has 1 amide bonds. The molecular formula is C22H31N3O2. The summed E-state index contributed by atoms with van der Waals surface area (Å²) in [5, 5.41) is 3.15. The molecule has 1 atom stereocenters. The van der Waals surface area contributed by atoms with Crippen LogP contribution in [0.25, 0.3) is 0 Å². The number of rotatable bonds is 7. The number of aryl methyl sites for hydroxylation is 1. The van der Waals surface area contributed by atoms with Crippen LogP contribution in [-0.4, -0.2) is 54.3 Å². The average molecular weight is 370 g/mol. The molecule has 0 unspecified atom stereocenters. The van der Waals surface area contributed by atoms with Gasteiger partial charge in [0.25, 0.3) is 5.91 Å². The number of aromatic nitrogens is 1. The maximum absolute atomic E-state index is 12.8. The molecule has 3 rings (SSSR count). The summed E-state index contributed by atoms with van der Waals surface area (Å²) >= 11 is 0. The average Bonchev–Trinajstić information content (AvgIpc) is 2.95. The van der Waals surface area contributed by atoms with Crippen molar-refractivity contribution in [2.24, 2.45) is 0 Å². The Morgan fingerprint density at radius 2 is 1.85 bits per heavy atom. The third-order valence-corrected chi connectivity index (χ3v) is 5.32. The van der Waals surface area contributed by atoms with Crippen LogP contribution >= 0.6 is 0 Å². The lowest BCUT2D eigenvalue weighted by atomic mass is 10.1. The minimum atomic E-state index is 0.0177. The molecule has 1 fully saturated rings. The van der Waals surface area contributed by atoms with E-state index in [-0.39, 0.29) is 11.9 Å². The second-order valence-corrected chi connectivity index (χ2v) is 7.45. The van der Waals surface area contributed by atoms with Gasteiger partial charge in [0, 0.05) is 43.6 Å². The molecule has 2 aromatic rings. The summed E-state index contributed by atoms with van der Waals surface area (Å²) in [6.45, 7) is 11.7. The summed E-state index contributed by atoms with van der Waals surface area (Å²) < 4.78 is 7.67. The summed E-state index contributed by atoms with van der Waals surface area (Å²) in [5.74, 6) is 0.0177. The van der Waals surface area contributed by atoms with Crippen LogP contribution in [0.2, 0.25) is 0 Å². The van der Waals surface area contributed by atoms with E-state index in [1.807, 2.05) is 31.2 Å². The number of nitrogens with one attached hydrogen (secondary N) is 1. The van der Waals surface area contributed by atoms with E-state index in [1.54, 1.807) is 0 Å². The topological polar surface area (TPSA) is 46.5 Å². The predicted molar refractivity (Wildman–Crippen MR) is 108 cm³/mol. The first-order chi connectivity index (χ1) is 13.0. The molecule has 1 aromatic heterocycles. The number of nitrogens with zero attached hydrogens (tertiary/aromatic N) is 2. The summed E-state index contributed by atoms with van der Waals surface area (Å²) in [6, 6.07) is 12.4. The smallest absolute Gasteiger partial charge is 0.253 e. The molecule has 5 heteroatoms. The Morgan fingerprint density at radius 1 is 1.15 bits per heavy atom. The number of carbonyl (C=O) groups is 1. The zero-order chi connectivity index (χ0) is 19.2. The normalized spacial score (nSPS) is 16.3. The van der Waals surface area contributed by atoms with Gasteiger partial charge in [0.1, 0.15) is 0 Å². The number of hydrogen-bond acceptors (Lipinski definition) is 3.